The summed E-state index contributed by atoms with van der Waals surface area (Å²) in [4.78, 5) is 66.6. The van der Waals surface area contributed by atoms with Crippen molar-refractivity contribution in [3.05, 3.63) is 60.4 Å². The van der Waals surface area contributed by atoms with Gasteiger partial charge in [-0.2, -0.15) is 0 Å². The van der Waals surface area contributed by atoms with Gasteiger partial charge in [-0.3, -0.25) is 23.7 Å². The molecule has 28 heavy (non-hydrogen) atoms. The van der Waals surface area contributed by atoms with Gasteiger partial charge in [0.25, 0.3) is 0 Å². The Kier molecular flexibility index (Phi) is 7.01. The number of amides is 1. The number of carbonyl (C=O) groups excluding carboxylic acids is 2. The molecule has 0 aliphatic heterocycles. The second-order valence-electron chi connectivity index (χ2n) is 5.91. The molecule has 0 spiro atoms. The standard InChI is InChI=1S/C16H18N2O8P2/c19-15(11-5-2-1-3-6-11)13(9-14(27(21,22)23)28(24,25)26)16(20)18-12-7-4-8-17-10-12/h1-8,10,13-14H,9H2,(H,18,20)(H2,21,22,23)(H2,24,25,26). The maximum absolute atomic E-state index is 12.8. The van der Waals surface area contributed by atoms with Crippen LogP contribution in [0.5, 0.6) is 0 Å². The fourth-order valence-electron chi connectivity index (χ4n) is 2.48. The second-order valence-corrected chi connectivity index (χ2v) is 9.92. The predicted octanol–water partition coefficient (Wildman–Crippen LogP) is 1.59. The van der Waals surface area contributed by atoms with Gasteiger partial charge in [0.05, 0.1) is 11.9 Å². The van der Waals surface area contributed by atoms with Crippen molar-refractivity contribution in [2.24, 2.45) is 5.92 Å². The van der Waals surface area contributed by atoms with Crippen LogP contribution in [0.2, 0.25) is 0 Å². The van der Waals surface area contributed by atoms with Crippen molar-refractivity contribution in [1.29, 1.82) is 0 Å². The molecule has 12 heteroatoms. The van der Waals surface area contributed by atoms with Crippen LogP contribution in [0.15, 0.2) is 54.9 Å². The van der Waals surface area contributed by atoms with Crippen LogP contribution in [0.1, 0.15) is 16.8 Å². The van der Waals surface area contributed by atoms with Crippen LogP contribution in [0.25, 0.3) is 0 Å². The first-order valence-electron chi connectivity index (χ1n) is 7.90. The molecule has 0 aliphatic carbocycles. The number of aromatic nitrogens is 1. The van der Waals surface area contributed by atoms with Crippen molar-refractivity contribution in [3.8, 4) is 0 Å². The number of ketones is 1. The van der Waals surface area contributed by atoms with E-state index < -0.39 is 44.6 Å². The number of nitrogens with one attached hydrogen (secondary N) is 1. The van der Waals surface area contributed by atoms with E-state index in [0.29, 0.717) is 0 Å². The topological polar surface area (TPSA) is 174 Å². The maximum Gasteiger partial charge on any atom is 0.340 e. The number of hydrogen-bond acceptors (Lipinski definition) is 5. The molecule has 1 atom stereocenters. The van der Waals surface area contributed by atoms with Gasteiger partial charge >= 0.3 is 15.2 Å². The lowest BCUT2D eigenvalue weighted by atomic mass is 9.94. The van der Waals surface area contributed by atoms with Gasteiger partial charge in [-0.15, -0.1) is 0 Å². The zero-order valence-electron chi connectivity index (χ0n) is 14.3. The molecule has 2 rings (SSSR count). The van der Waals surface area contributed by atoms with Crippen LogP contribution in [-0.4, -0.2) is 41.6 Å². The maximum atomic E-state index is 12.8. The Labute approximate surface area is 160 Å². The first-order chi connectivity index (χ1) is 13.0. The summed E-state index contributed by atoms with van der Waals surface area (Å²) in [5.41, 5.74) is 0.270. The quantitative estimate of drug-likeness (QED) is 0.238. The molecule has 1 amide bonds. The molecule has 5 N–H and O–H groups in total. The van der Waals surface area contributed by atoms with E-state index in [0.717, 1.165) is 0 Å². The number of Topliss-reactive ketones (excluding diaryl/α,β-unsaturated/α-hetero) is 1. The molecule has 150 valence electrons. The van der Waals surface area contributed by atoms with E-state index in [9.17, 15) is 38.3 Å². The minimum absolute atomic E-state index is 0.0593. The van der Waals surface area contributed by atoms with E-state index in [-0.39, 0.29) is 11.3 Å². The molecule has 0 saturated carbocycles. The zero-order valence-corrected chi connectivity index (χ0v) is 16.1. The van der Waals surface area contributed by atoms with Crippen LogP contribution in [-0.2, 0) is 13.9 Å². The van der Waals surface area contributed by atoms with Crippen molar-refractivity contribution < 1.29 is 38.3 Å². The van der Waals surface area contributed by atoms with Crippen molar-refractivity contribution in [3.63, 3.8) is 0 Å². The third kappa shape index (κ3) is 5.90. The highest BCUT2D eigenvalue weighted by atomic mass is 31.2. The van der Waals surface area contributed by atoms with Crippen molar-refractivity contribution >= 4 is 32.6 Å². The first-order valence-corrected chi connectivity index (χ1v) is 11.3. The number of nitrogens with zero attached hydrogens (tertiary/aromatic N) is 1. The Morgan fingerprint density at radius 3 is 2.07 bits per heavy atom. The highest BCUT2D eigenvalue weighted by Crippen LogP contribution is 2.62. The molecule has 0 radical (unpaired) electrons. The van der Waals surface area contributed by atoms with Gasteiger partial charge < -0.3 is 24.9 Å². The molecule has 0 fully saturated rings. The smallest absolute Gasteiger partial charge is 0.324 e. The number of benzene rings is 1. The zero-order chi connectivity index (χ0) is 20.9. The van der Waals surface area contributed by atoms with Gasteiger partial charge in [-0.1, -0.05) is 30.3 Å². The van der Waals surface area contributed by atoms with Gasteiger partial charge in [0.2, 0.25) is 5.91 Å². The molecule has 2 aromatic rings. The summed E-state index contributed by atoms with van der Waals surface area (Å²) in [6.07, 6.45) is 1.69. The molecule has 0 aliphatic rings. The SMILES string of the molecule is O=C(Nc1cccnc1)C(CC(P(=O)(O)O)P(=O)(O)O)C(=O)c1ccccc1. The Balaban J connectivity index is 2.40. The summed E-state index contributed by atoms with van der Waals surface area (Å²) < 4.78 is 23.2. The van der Waals surface area contributed by atoms with E-state index in [4.69, 9.17) is 0 Å². The summed E-state index contributed by atoms with van der Waals surface area (Å²) in [7, 11) is -10.6. The lowest BCUT2D eigenvalue weighted by Gasteiger charge is -2.24. The fourth-order valence-corrected chi connectivity index (χ4v) is 5.02. The van der Waals surface area contributed by atoms with Gasteiger partial charge in [-0.05, 0) is 18.6 Å². The molecular formula is C16H18N2O8P2. The fraction of sp³-hybridized carbons (Fsp3) is 0.188. The van der Waals surface area contributed by atoms with E-state index in [1.165, 1.54) is 48.8 Å². The van der Waals surface area contributed by atoms with Crippen LogP contribution in [0.3, 0.4) is 0 Å². The average molecular weight is 428 g/mol. The van der Waals surface area contributed by atoms with Crippen LogP contribution >= 0.6 is 15.2 Å². The predicted molar refractivity (Wildman–Crippen MR) is 99.6 cm³/mol. The number of carbonyl (C=O) groups is 2. The summed E-state index contributed by atoms with van der Waals surface area (Å²) in [5, 5.41) is -0.116. The van der Waals surface area contributed by atoms with E-state index in [1.54, 1.807) is 6.07 Å². The lowest BCUT2D eigenvalue weighted by Crippen LogP contribution is -2.33. The molecule has 1 aromatic heterocycles. The third-order valence-electron chi connectivity index (χ3n) is 3.84. The van der Waals surface area contributed by atoms with E-state index in [1.807, 2.05) is 0 Å². The second kappa shape index (κ2) is 8.87. The molecule has 0 bridgehead atoms. The van der Waals surface area contributed by atoms with Gasteiger partial charge in [0.15, 0.2) is 11.2 Å². The Morgan fingerprint density at radius 1 is 0.964 bits per heavy atom. The third-order valence-corrected chi connectivity index (χ3v) is 7.62. The largest absolute Gasteiger partial charge is 0.340 e. The molecular weight excluding hydrogens is 410 g/mol. The normalized spacial score (nSPS) is 13.2. The number of hydrogen-bond donors (Lipinski definition) is 5. The minimum atomic E-state index is -5.31. The summed E-state index contributed by atoms with van der Waals surface area (Å²) >= 11 is 0. The minimum Gasteiger partial charge on any atom is -0.324 e. The number of anilines is 1. The summed E-state index contributed by atoms with van der Waals surface area (Å²) in [6.45, 7) is 0. The molecule has 1 aromatic carbocycles. The summed E-state index contributed by atoms with van der Waals surface area (Å²) in [5.74, 6) is -3.53. The molecule has 0 saturated heterocycles. The number of rotatable bonds is 8. The number of pyridine rings is 1. The Bertz CT molecular complexity index is 904. The highest BCUT2D eigenvalue weighted by molar-refractivity contribution is 7.70. The Hall–Kier alpha value is -2.19. The summed E-state index contributed by atoms with van der Waals surface area (Å²) in [6, 6.07) is 10.4. The van der Waals surface area contributed by atoms with Crippen LogP contribution in [0, 0.1) is 5.92 Å². The van der Waals surface area contributed by atoms with Gasteiger partial charge in [-0.25, -0.2) is 0 Å². The molecule has 1 unspecified atom stereocenters. The molecule has 10 nitrogen and oxygen atoms in total. The van der Waals surface area contributed by atoms with Crippen molar-refractivity contribution in [2.75, 3.05) is 5.32 Å². The van der Waals surface area contributed by atoms with Crippen molar-refractivity contribution in [1.82, 2.24) is 4.98 Å². The Morgan fingerprint density at radius 2 is 1.57 bits per heavy atom. The van der Waals surface area contributed by atoms with E-state index in [2.05, 4.69) is 10.3 Å². The van der Waals surface area contributed by atoms with E-state index >= 15 is 0 Å². The first kappa shape index (κ1) is 22.1. The van der Waals surface area contributed by atoms with Gasteiger partial charge in [0, 0.05) is 11.8 Å². The lowest BCUT2D eigenvalue weighted by molar-refractivity contribution is -0.118. The van der Waals surface area contributed by atoms with Crippen molar-refractivity contribution in [2.45, 2.75) is 11.8 Å². The van der Waals surface area contributed by atoms with Crippen LogP contribution in [0.4, 0.5) is 5.69 Å². The average Bonchev–Trinajstić information content (AvgIpc) is 2.61. The van der Waals surface area contributed by atoms with Crippen LogP contribution < -0.4 is 5.32 Å². The molecule has 1 heterocycles. The van der Waals surface area contributed by atoms with Gasteiger partial charge in [0.1, 0.15) is 5.92 Å². The highest BCUT2D eigenvalue weighted by Gasteiger charge is 2.47. The monoisotopic (exact) mass is 428 g/mol.